The maximum absolute atomic E-state index is 13.0. The first-order valence-electron chi connectivity index (χ1n) is 6.84. The number of carbonyl (C=O) groups excluding carboxylic acids is 1. The molecule has 23 heavy (non-hydrogen) atoms. The van der Waals surface area contributed by atoms with E-state index in [1.54, 1.807) is 12.3 Å². The van der Waals surface area contributed by atoms with Crippen LogP contribution in [0.4, 0.5) is 0 Å². The number of para-hydroxylation sites is 1. The normalized spacial score (nSPS) is 11.0. The fourth-order valence-electron chi connectivity index (χ4n) is 2.60. The van der Waals surface area contributed by atoms with Gasteiger partial charge in [-0.3, -0.25) is 9.36 Å². The number of halogens is 2. The molecule has 1 aromatic heterocycles. The van der Waals surface area contributed by atoms with Gasteiger partial charge in [-0.1, -0.05) is 34.1 Å². The average Bonchev–Trinajstić information content (AvgIpc) is 2.92. The first-order chi connectivity index (χ1) is 11.1. The van der Waals surface area contributed by atoms with Crippen LogP contribution in [0.3, 0.4) is 0 Å². The fraction of sp³-hybridized carbons (Fsp3) is 0.118. The number of rotatable bonds is 3. The second-order valence-electron chi connectivity index (χ2n) is 4.97. The third-order valence-corrected chi connectivity index (χ3v) is 4.67. The van der Waals surface area contributed by atoms with E-state index in [9.17, 15) is 9.90 Å². The van der Waals surface area contributed by atoms with E-state index in [0.29, 0.717) is 21.3 Å². The van der Waals surface area contributed by atoms with Crippen molar-refractivity contribution >= 4 is 48.7 Å². The van der Waals surface area contributed by atoms with Gasteiger partial charge in [-0.2, -0.15) is 0 Å². The van der Waals surface area contributed by atoms with Gasteiger partial charge in [0.2, 0.25) is 0 Å². The van der Waals surface area contributed by atoms with E-state index in [0.717, 1.165) is 15.4 Å². The Morgan fingerprint density at radius 2 is 2.00 bits per heavy atom. The quantitative estimate of drug-likeness (QED) is 0.661. The van der Waals surface area contributed by atoms with E-state index >= 15 is 0 Å². The summed E-state index contributed by atoms with van der Waals surface area (Å²) in [6.45, 7) is -0.125. The number of hydrogen-bond donors (Lipinski definition) is 1. The molecule has 6 heteroatoms. The van der Waals surface area contributed by atoms with Gasteiger partial charge in [0.25, 0.3) is 5.91 Å². The zero-order valence-electron chi connectivity index (χ0n) is 12.2. The van der Waals surface area contributed by atoms with Gasteiger partial charge in [-0.25, -0.2) is 0 Å². The summed E-state index contributed by atoms with van der Waals surface area (Å²) in [5.41, 5.74) is 1.89. The van der Waals surface area contributed by atoms with Crippen LogP contribution in [0.15, 0.2) is 51.5 Å². The van der Waals surface area contributed by atoms with Crippen molar-refractivity contribution in [1.29, 1.82) is 0 Å². The monoisotopic (exact) mass is 437 g/mol. The van der Waals surface area contributed by atoms with Crippen LogP contribution < -0.4 is 4.74 Å². The lowest BCUT2D eigenvalue weighted by molar-refractivity contribution is 0.0961. The highest BCUT2D eigenvalue weighted by molar-refractivity contribution is 9.11. The Kier molecular flexibility index (Phi) is 4.57. The van der Waals surface area contributed by atoms with Crippen molar-refractivity contribution in [3.05, 3.63) is 62.7 Å². The Labute approximate surface area is 149 Å². The lowest BCUT2D eigenvalue weighted by Crippen LogP contribution is -2.12. The summed E-state index contributed by atoms with van der Waals surface area (Å²) in [6, 6.07) is 11.0. The van der Waals surface area contributed by atoms with Crippen molar-refractivity contribution in [2.24, 2.45) is 0 Å². The average molecular weight is 439 g/mol. The van der Waals surface area contributed by atoms with Crippen molar-refractivity contribution in [1.82, 2.24) is 4.57 Å². The molecule has 0 aliphatic carbocycles. The number of methoxy groups -OCH3 is 1. The summed E-state index contributed by atoms with van der Waals surface area (Å²) in [7, 11) is 1.53. The van der Waals surface area contributed by atoms with E-state index in [-0.39, 0.29) is 12.5 Å². The van der Waals surface area contributed by atoms with Crippen molar-refractivity contribution in [3.63, 3.8) is 0 Å². The van der Waals surface area contributed by atoms with Gasteiger partial charge >= 0.3 is 0 Å². The molecule has 0 saturated carbocycles. The standard InChI is InChI=1S/C17H13Br2NO3/c1-23-16-13(6-11(18)7-14(16)19)17(22)20-8-10(9-21)12-4-2-3-5-15(12)20/h2-8,21H,9H2,1H3. The minimum Gasteiger partial charge on any atom is -0.495 e. The Balaban J connectivity index is 2.23. The molecule has 0 spiro atoms. The minimum absolute atomic E-state index is 0.125. The van der Waals surface area contributed by atoms with Gasteiger partial charge in [-0.15, -0.1) is 0 Å². The summed E-state index contributed by atoms with van der Waals surface area (Å²) in [4.78, 5) is 13.0. The van der Waals surface area contributed by atoms with Gasteiger partial charge in [0.15, 0.2) is 0 Å². The molecule has 0 amide bonds. The van der Waals surface area contributed by atoms with E-state index in [2.05, 4.69) is 31.9 Å². The van der Waals surface area contributed by atoms with Crippen LogP contribution in [-0.2, 0) is 6.61 Å². The minimum atomic E-state index is -0.222. The summed E-state index contributed by atoms with van der Waals surface area (Å²) in [5, 5.41) is 10.4. The molecule has 0 saturated heterocycles. The van der Waals surface area contributed by atoms with E-state index in [1.807, 2.05) is 30.3 Å². The van der Waals surface area contributed by atoms with Gasteiger partial charge in [0, 0.05) is 21.6 Å². The summed E-state index contributed by atoms with van der Waals surface area (Å²) < 4.78 is 8.37. The predicted molar refractivity (Wildman–Crippen MR) is 96.0 cm³/mol. The van der Waals surface area contributed by atoms with Gasteiger partial charge in [-0.05, 0) is 34.1 Å². The number of hydrogen-bond acceptors (Lipinski definition) is 3. The second kappa shape index (κ2) is 6.47. The maximum atomic E-state index is 13.0. The Bertz CT molecular complexity index is 902. The number of benzene rings is 2. The molecule has 4 nitrogen and oxygen atoms in total. The van der Waals surface area contributed by atoms with Crippen LogP contribution in [0.2, 0.25) is 0 Å². The molecule has 2 aromatic carbocycles. The van der Waals surface area contributed by atoms with Crippen LogP contribution >= 0.6 is 31.9 Å². The number of ether oxygens (including phenoxy) is 1. The molecular weight excluding hydrogens is 426 g/mol. The molecule has 0 unspecified atom stereocenters. The van der Waals surface area contributed by atoms with Crippen LogP contribution in [0, 0.1) is 0 Å². The van der Waals surface area contributed by atoms with E-state index < -0.39 is 0 Å². The molecule has 3 rings (SSSR count). The van der Waals surface area contributed by atoms with Crippen molar-refractivity contribution < 1.29 is 14.6 Å². The third kappa shape index (κ3) is 2.82. The second-order valence-corrected chi connectivity index (χ2v) is 6.74. The lowest BCUT2D eigenvalue weighted by Gasteiger charge is -2.11. The van der Waals surface area contributed by atoms with Gasteiger partial charge in [0.1, 0.15) is 5.75 Å². The molecular formula is C17H13Br2NO3. The van der Waals surface area contributed by atoms with Crippen molar-refractivity contribution in [2.75, 3.05) is 7.11 Å². The highest BCUT2D eigenvalue weighted by Gasteiger charge is 2.20. The number of aliphatic hydroxyl groups excluding tert-OH is 1. The van der Waals surface area contributed by atoms with Gasteiger partial charge < -0.3 is 9.84 Å². The number of aromatic nitrogens is 1. The lowest BCUT2D eigenvalue weighted by atomic mass is 10.1. The molecule has 0 bridgehead atoms. The molecule has 0 aliphatic heterocycles. The zero-order valence-corrected chi connectivity index (χ0v) is 15.4. The number of nitrogens with zero attached hydrogens (tertiary/aromatic N) is 1. The Hall–Kier alpha value is -1.63. The van der Waals surface area contributed by atoms with Crippen molar-refractivity contribution in [2.45, 2.75) is 6.61 Å². The largest absolute Gasteiger partial charge is 0.495 e. The van der Waals surface area contributed by atoms with Crippen LogP contribution in [0.25, 0.3) is 10.9 Å². The van der Waals surface area contributed by atoms with Crippen molar-refractivity contribution in [3.8, 4) is 5.75 Å². The van der Waals surface area contributed by atoms with Gasteiger partial charge in [0.05, 0.1) is 29.3 Å². The first kappa shape index (κ1) is 16.2. The predicted octanol–water partition coefficient (Wildman–Crippen LogP) is 4.36. The topological polar surface area (TPSA) is 51.5 Å². The zero-order chi connectivity index (χ0) is 16.6. The Morgan fingerprint density at radius 3 is 2.70 bits per heavy atom. The SMILES string of the molecule is COc1c(Br)cc(Br)cc1C(=O)n1cc(CO)c2ccccc21. The first-order valence-corrected chi connectivity index (χ1v) is 8.43. The highest BCUT2D eigenvalue weighted by atomic mass is 79.9. The highest BCUT2D eigenvalue weighted by Crippen LogP contribution is 2.34. The summed E-state index contributed by atoms with van der Waals surface area (Å²) in [6.07, 6.45) is 1.67. The molecule has 1 heterocycles. The molecule has 0 radical (unpaired) electrons. The number of aliphatic hydroxyl groups is 1. The maximum Gasteiger partial charge on any atom is 0.266 e. The summed E-state index contributed by atoms with van der Waals surface area (Å²) in [5.74, 6) is 0.251. The molecule has 118 valence electrons. The molecule has 0 aliphatic rings. The fourth-order valence-corrected chi connectivity index (χ4v) is 3.99. The van der Waals surface area contributed by atoms with Crippen LogP contribution in [-0.4, -0.2) is 22.7 Å². The number of fused-ring (bicyclic) bond motifs is 1. The number of carbonyl (C=O) groups is 1. The summed E-state index contributed by atoms with van der Waals surface area (Å²) >= 11 is 6.81. The molecule has 3 aromatic rings. The molecule has 0 fully saturated rings. The molecule has 0 atom stereocenters. The van der Waals surface area contributed by atoms with E-state index in [1.165, 1.54) is 11.7 Å². The molecule has 1 N–H and O–H groups in total. The van der Waals surface area contributed by atoms with Crippen LogP contribution in [0.5, 0.6) is 5.75 Å². The van der Waals surface area contributed by atoms with Crippen LogP contribution in [0.1, 0.15) is 15.9 Å². The smallest absolute Gasteiger partial charge is 0.266 e. The third-order valence-electron chi connectivity index (χ3n) is 3.63. The Morgan fingerprint density at radius 1 is 1.26 bits per heavy atom. The van der Waals surface area contributed by atoms with E-state index in [4.69, 9.17) is 4.74 Å².